The number of unbranched alkanes of at least 4 members (excludes halogenated alkanes) is 1. The van der Waals surface area contributed by atoms with E-state index in [1.54, 1.807) is 48.5 Å². The zero-order chi connectivity index (χ0) is 55.0. The van der Waals surface area contributed by atoms with Gasteiger partial charge in [-0.1, -0.05) is 45.9 Å². The Labute approximate surface area is 428 Å². The van der Waals surface area contributed by atoms with E-state index in [0.29, 0.717) is 19.3 Å². The first-order valence-electron chi connectivity index (χ1n) is 25.5. The maximum atomic E-state index is 14.5. The number of Topliss-reactive ketones (excluding diaryl/α,β-unsaturated/α-hetero) is 1. The molecule has 0 aromatic heterocycles. The molecule has 1 aromatic carbocycles. The largest absolute Gasteiger partial charge is 0.459 e. The number of ether oxygens (including phenoxy) is 8. The van der Waals surface area contributed by atoms with Crippen molar-refractivity contribution >= 4 is 23.8 Å². The monoisotopic (exact) mass is 1050 g/mol. The molecule has 0 bridgehead atoms. The Morgan fingerprint density at radius 3 is 2.08 bits per heavy atom. The summed E-state index contributed by atoms with van der Waals surface area (Å²) in [7, 11) is 6.62. The average Bonchev–Trinajstić information content (AvgIpc) is 3.32. The van der Waals surface area contributed by atoms with E-state index in [2.05, 4.69) is 10.6 Å². The average molecular weight is 1050 g/mol. The van der Waals surface area contributed by atoms with Gasteiger partial charge in [0.25, 0.3) is 0 Å². The highest BCUT2D eigenvalue weighted by molar-refractivity contribution is 5.83. The molecule has 5 N–H and O–H groups in total. The minimum Gasteiger partial charge on any atom is -0.459 e. The molecule has 3 aliphatic heterocycles. The molecule has 18 nitrogen and oxygen atoms in total. The number of likely N-dealkylation sites (N-methyl/N-ethyl adjacent to an activating group) is 1. The number of carbonyl (C=O) groups excluding carboxylic acids is 4. The predicted octanol–water partition coefficient (Wildman–Crippen LogP) is 5.33. The number of aliphatic hydroxyl groups is 3. The number of hydrogen-bond acceptors (Lipinski definition) is 16. The van der Waals surface area contributed by atoms with Crippen LogP contribution in [0.5, 0.6) is 0 Å². The number of nitrogens with zero attached hydrogens (tertiary/aromatic N) is 1. The van der Waals surface area contributed by atoms with E-state index >= 15 is 0 Å². The summed E-state index contributed by atoms with van der Waals surface area (Å²) in [5.74, 6) is -5.40. The molecule has 3 aliphatic rings. The van der Waals surface area contributed by atoms with Gasteiger partial charge in [0.15, 0.2) is 18.7 Å². The molecule has 1 aromatic rings. The van der Waals surface area contributed by atoms with Crippen LogP contribution in [0.25, 0.3) is 0 Å². The number of amides is 2. The van der Waals surface area contributed by atoms with Gasteiger partial charge >= 0.3 is 18.2 Å². The second-order valence-electron chi connectivity index (χ2n) is 21.4. The predicted molar refractivity (Wildman–Crippen MR) is 261 cm³/mol. The number of halogens is 3. The Hall–Kier alpha value is -3.51. The van der Waals surface area contributed by atoms with Gasteiger partial charge in [-0.15, -0.1) is 0 Å². The third kappa shape index (κ3) is 15.6. The number of nitrogens with one attached hydrogen (secondary N) is 2. The number of methoxy groups -OCH3 is 2. The van der Waals surface area contributed by atoms with Gasteiger partial charge < -0.3 is 68.7 Å². The van der Waals surface area contributed by atoms with E-state index in [1.807, 2.05) is 25.9 Å². The molecule has 0 spiro atoms. The Bertz CT molecular complexity index is 1980. The molecule has 0 saturated carbocycles. The molecule has 4 rings (SSSR count). The third-order valence-corrected chi connectivity index (χ3v) is 15.3. The number of aliphatic hydroxyl groups excluding tert-OH is 2. The van der Waals surface area contributed by atoms with E-state index < -0.39 is 125 Å². The number of cyclic esters (lactones) is 1. The van der Waals surface area contributed by atoms with E-state index in [0.717, 1.165) is 12.1 Å². The standard InChI is InChI=1S/C52H84F3N3O15/c1-15-37-51(10,65)43(62)30(4)40(60)28(2)26-49(8,66-13)44(72-47-41(61)36(58(11)12)23-29(3)68-47)31(5)42(32(6)46(63)70-37)71-39-27-50(9,67-14)45(33(7)69-39)73-48(64)57-22-17-16-21-56-38(59)25-34-19-18-20-35(24-34)52(53,54)55/h18-20,24,28-33,36-37,39,41-45,47,61-62,65H,15-17,21-23,25-27H2,1-14H3,(H,56,59)(H,57,64)/t28-,29-,30-,31-,32-,33+,36+,37+,39+,41-,42+,43+,44?,45+,47+,49-,50-,51-/m1/s1. The molecule has 0 aliphatic carbocycles. The first-order chi connectivity index (χ1) is 33.9. The number of alkyl halides is 3. The number of rotatable bonds is 16. The first kappa shape index (κ1) is 62.0. The van der Waals surface area contributed by atoms with Crippen LogP contribution in [0.1, 0.15) is 119 Å². The molecule has 3 saturated heterocycles. The van der Waals surface area contributed by atoms with Crippen molar-refractivity contribution in [3.05, 3.63) is 35.4 Å². The summed E-state index contributed by atoms with van der Waals surface area (Å²) < 4.78 is 90.1. The van der Waals surface area contributed by atoms with Gasteiger partial charge in [0, 0.05) is 57.5 Å². The van der Waals surface area contributed by atoms with Gasteiger partial charge in [-0.25, -0.2) is 4.79 Å². The van der Waals surface area contributed by atoms with Crippen molar-refractivity contribution in [3.8, 4) is 0 Å². The molecular formula is C52H84F3N3O15. The summed E-state index contributed by atoms with van der Waals surface area (Å²) in [5, 5.41) is 40.5. The van der Waals surface area contributed by atoms with Crippen LogP contribution in [-0.4, -0.2) is 170 Å². The second kappa shape index (κ2) is 26.0. The van der Waals surface area contributed by atoms with Gasteiger partial charge in [-0.05, 0) is 99.4 Å². The number of ketones is 1. The summed E-state index contributed by atoms with van der Waals surface area (Å²) in [6, 6.07) is 4.24. The van der Waals surface area contributed by atoms with Crippen LogP contribution in [-0.2, 0) is 64.9 Å². The lowest BCUT2D eigenvalue weighted by Crippen LogP contribution is -2.62. The fourth-order valence-corrected chi connectivity index (χ4v) is 10.7. The molecule has 418 valence electrons. The Kier molecular flexibility index (Phi) is 22.1. The zero-order valence-electron chi connectivity index (χ0n) is 45.2. The second-order valence-corrected chi connectivity index (χ2v) is 21.4. The number of carbonyl (C=O) groups is 4. The highest BCUT2D eigenvalue weighted by atomic mass is 19.4. The highest BCUT2D eigenvalue weighted by Crippen LogP contribution is 2.42. The van der Waals surface area contributed by atoms with Crippen molar-refractivity contribution in [2.75, 3.05) is 41.4 Å². The van der Waals surface area contributed by atoms with Crippen molar-refractivity contribution in [1.82, 2.24) is 15.5 Å². The Morgan fingerprint density at radius 1 is 0.877 bits per heavy atom. The van der Waals surface area contributed by atoms with E-state index in [4.69, 9.17) is 37.9 Å². The van der Waals surface area contributed by atoms with Crippen LogP contribution in [0.2, 0.25) is 0 Å². The van der Waals surface area contributed by atoms with Gasteiger partial charge in [0.05, 0.1) is 54.0 Å². The van der Waals surface area contributed by atoms with Crippen LogP contribution in [0.15, 0.2) is 24.3 Å². The van der Waals surface area contributed by atoms with Gasteiger partial charge in [-0.2, -0.15) is 13.2 Å². The number of hydrogen-bond donors (Lipinski definition) is 5. The molecule has 0 radical (unpaired) electrons. The zero-order valence-corrected chi connectivity index (χ0v) is 45.2. The SMILES string of the molecule is CC[C@@H]1OC(=O)[C@H](C)[C@@H](O[C@H]2C[C@@](C)(OC)[C@@H](OC(=O)NCCCCNC(=O)Cc3cccc(C(F)(F)F)c3)[C@H](C)O2)[C@@H](C)C(O[C@@H]2O[C@H](C)C[C@H](N(C)C)[C@H]2O)[C@](C)(OC)C[C@@H](C)C(=O)[C@@H](C)[C@H](O)[C@]1(C)O. The fraction of sp³-hybridized carbons (Fsp3) is 0.808. The first-order valence-corrected chi connectivity index (χ1v) is 25.5. The molecule has 3 heterocycles. The van der Waals surface area contributed by atoms with Crippen LogP contribution in [0.4, 0.5) is 18.0 Å². The topological polar surface area (TPSA) is 230 Å². The van der Waals surface area contributed by atoms with Gasteiger partial charge in [-0.3, -0.25) is 14.4 Å². The summed E-state index contributed by atoms with van der Waals surface area (Å²) >= 11 is 0. The molecule has 2 amide bonds. The summed E-state index contributed by atoms with van der Waals surface area (Å²) in [4.78, 5) is 56.2. The van der Waals surface area contributed by atoms with Gasteiger partial charge in [0.2, 0.25) is 5.91 Å². The van der Waals surface area contributed by atoms with Crippen molar-refractivity contribution in [2.24, 2.45) is 23.7 Å². The minimum atomic E-state index is -4.52. The maximum Gasteiger partial charge on any atom is 0.416 e. The fourth-order valence-electron chi connectivity index (χ4n) is 10.7. The van der Waals surface area contributed by atoms with Crippen molar-refractivity contribution in [1.29, 1.82) is 0 Å². The van der Waals surface area contributed by atoms with Crippen LogP contribution < -0.4 is 10.6 Å². The molecule has 73 heavy (non-hydrogen) atoms. The van der Waals surface area contributed by atoms with E-state index in [1.165, 1.54) is 40.2 Å². The lowest BCUT2D eigenvalue weighted by Gasteiger charge is -2.50. The summed E-state index contributed by atoms with van der Waals surface area (Å²) in [6.07, 6.45) is -14.6. The highest BCUT2D eigenvalue weighted by Gasteiger charge is 2.55. The molecular weight excluding hydrogens is 964 g/mol. The van der Waals surface area contributed by atoms with Crippen molar-refractivity contribution in [2.45, 2.75) is 205 Å². The number of benzene rings is 1. The number of alkyl carbamates (subject to hydrolysis) is 1. The van der Waals surface area contributed by atoms with Crippen molar-refractivity contribution < 1.29 is 85.6 Å². The smallest absolute Gasteiger partial charge is 0.416 e. The molecule has 1 unspecified atom stereocenters. The summed E-state index contributed by atoms with van der Waals surface area (Å²) in [6.45, 7) is 17.1. The maximum absolute atomic E-state index is 14.5. The number of esters is 1. The van der Waals surface area contributed by atoms with Crippen molar-refractivity contribution in [3.63, 3.8) is 0 Å². The lowest BCUT2D eigenvalue weighted by molar-refractivity contribution is -0.319. The Balaban J connectivity index is 1.56. The van der Waals surface area contributed by atoms with Crippen LogP contribution >= 0.6 is 0 Å². The van der Waals surface area contributed by atoms with E-state index in [-0.39, 0.29) is 62.3 Å². The van der Waals surface area contributed by atoms with Gasteiger partial charge in [0.1, 0.15) is 29.2 Å². The third-order valence-electron chi connectivity index (χ3n) is 15.3. The Morgan fingerprint density at radius 2 is 1.49 bits per heavy atom. The minimum absolute atomic E-state index is 0.0154. The molecule has 18 atom stereocenters. The summed E-state index contributed by atoms with van der Waals surface area (Å²) in [5.41, 5.74) is -5.22. The quantitative estimate of drug-likeness (QED) is 0.104. The normalized spacial score (nSPS) is 38.3. The van der Waals surface area contributed by atoms with E-state index in [9.17, 15) is 47.7 Å². The van der Waals surface area contributed by atoms with Crippen LogP contribution in [0.3, 0.4) is 0 Å². The molecule has 21 heteroatoms. The molecule has 3 fully saturated rings. The lowest BCUT2D eigenvalue weighted by atomic mass is 9.74. The van der Waals surface area contributed by atoms with Crippen LogP contribution in [0, 0.1) is 23.7 Å².